The highest BCUT2D eigenvalue weighted by atomic mass is 16.5. The van der Waals surface area contributed by atoms with Gasteiger partial charge in [0.25, 0.3) is 0 Å². The quantitative estimate of drug-likeness (QED) is 0.529. The number of carbonyl (C=O) groups is 2. The number of hydrogen-bond acceptors (Lipinski definition) is 7. The van der Waals surface area contributed by atoms with E-state index in [4.69, 9.17) is 18.9 Å². The summed E-state index contributed by atoms with van der Waals surface area (Å²) in [5, 5.41) is 0. The number of carbonyl (C=O) groups excluding carboxylic acids is 2. The Morgan fingerprint density at radius 1 is 0.818 bits per heavy atom. The summed E-state index contributed by atoms with van der Waals surface area (Å²) < 4.78 is 21.5. The Labute approximate surface area is 194 Å². The fraction of sp³-hybridized carbons (Fsp3) is 0.308. The van der Waals surface area contributed by atoms with Crippen LogP contribution in [0.4, 0.5) is 0 Å². The fourth-order valence-electron chi connectivity index (χ4n) is 3.75. The summed E-state index contributed by atoms with van der Waals surface area (Å²) in [6, 6.07) is 14.9. The van der Waals surface area contributed by atoms with E-state index in [1.807, 2.05) is 42.5 Å². The molecule has 3 rings (SSSR count). The molecular formula is C26H29NO6. The van der Waals surface area contributed by atoms with Crippen LogP contribution in [0.3, 0.4) is 0 Å². The van der Waals surface area contributed by atoms with E-state index < -0.39 is 17.9 Å². The molecule has 1 heterocycles. The maximum Gasteiger partial charge on any atom is 0.336 e. The van der Waals surface area contributed by atoms with Gasteiger partial charge in [0.15, 0.2) is 0 Å². The molecular weight excluding hydrogens is 422 g/mol. The first-order valence-electron chi connectivity index (χ1n) is 10.8. The van der Waals surface area contributed by atoms with Crippen LogP contribution in [-0.2, 0) is 25.6 Å². The molecule has 0 spiro atoms. The van der Waals surface area contributed by atoms with Crippen LogP contribution < -0.4 is 9.47 Å². The third-order valence-corrected chi connectivity index (χ3v) is 5.23. The Hall–Kier alpha value is -3.74. The SMILES string of the molecule is CCOC(=O)C1=CN(Cc2ccc(OC)cc2)C=C(C(=O)OCC)C1c1ccccc1OC. The predicted octanol–water partition coefficient (Wildman–Crippen LogP) is 4.20. The molecule has 2 aromatic carbocycles. The highest BCUT2D eigenvalue weighted by Gasteiger charge is 2.37. The zero-order valence-electron chi connectivity index (χ0n) is 19.4. The number of methoxy groups -OCH3 is 2. The Kier molecular flexibility index (Phi) is 8.13. The van der Waals surface area contributed by atoms with Crippen LogP contribution in [-0.4, -0.2) is 44.3 Å². The molecule has 0 saturated carbocycles. The minimum Gasteiger partial charge on any atom is -0.497 e. The van der Waals surface area contributed by atoms with Crippen molar-refractivity contribution in [3.8, 4) is 11.5 Å². The highest BCUT2D eigenvalue weighted by molar-refractivity contribution is 5.99. The van der Waals surface area contributed by atoms with Crippen LogP contribution in [0.15, 0.2) is 72.1 Å². The van der Waals surface area contributed by atoms with Gasteiger partial charge in [0.1, 0.15) is 11.5 Å². The number of benzene rings is 2. The van der Waals surface area contributed by atoms with E-state index in [0.717, 1.165) is 11.3 Å². The topological polar surface area (TPSA) is 74.3 Å². The van der Waals surface area contributed by atoms with Gasteiger partial charge in [-0.25, -0.2) is 9.59 Å². The van der Waals surface area contributed by atoms with E-state index in [9.17, 15) is 9.59 Å². The van der Waals surface area contributed by atoms with Gasteiger partial charge in [0, 0.05) is 24.5 Å². The maximum absolute atomic E-state index is 13.0. The number of rotatable bonds is 9. The van der Waals surface area contributed by atoms with Crippen molar-refractivity contribution in [2.75, 3.05) is 27.4 Å². The van der Waals surface area contributed by atoms with Crippen molar-refractivity contribution in [1.29, 1.82) is 0 Å². The smallest absolute Gasteiger partial charge is 0.336 e. The highest BCUT2D eigenvalue weighted by Crippen LogP contribution is 2.41. The molecule has 2 aromatic rings. The molecule has 33 heavy (non-hydrogen) atoms. The number of hydrogen-bond donors (Lipinski definition) is 0. The van der Waals surface area contributed by atoms with Crippen molar-refractivity contribution in [1.82, 2.24) is 4.90 Å². The minimum absolute atomic E-state index is 0.214. The van der Waals surface area contributed by atoms with E-state index in [1.54, 1.807) is 51.4 Å². The molecule has 0 aromatic heterocycles. The van der Waals surface area contributed by atoms with E-state index in [-0.39, 0.29) is 13.2 Å². The molecule has 7 nitrogen and oxygen atoms in total. The molecule has 0 unspecified atom stereocenters. The first-order valence-corrected chi connectivity index (χ1v) is 10.8. The lowest BCUT2D eigenvalue weighted by molar-refractivity contribution is -0.139. The Morgan fingerprint density at radius 2 is 1.39 bits per heavy atom. The molecule has 0 radical (unpaired) electrons. The third kappa shape index (κ3) is 5.55. The monoisotopic (exact) mass is 451 g/mol. The van der Waals surface area contributed by atoms with Crippen molar-refractivity contribution in [3.05, 3.63) is 83.2 Å². The van der Waals surface area contributed by atoms with E-state index in [0.29, 0.717) is 29.0 Å². The molecule has 0 aliphatic carbocycles. The average Bonchev–Trinajstić information content (AvgIpc) is 2.84. The lowest BCUT2D eigenvalue weighted by atomic mass is 9.82. The first kappa shape index (κ1) is 23.9. The molecule has 0 atom stereocenters. The molecule has 0 N–H and O–H groups in total. The summed E-state index contributed by atoms with van der Waals surface area (Å²) in [5.41, 5.74) is 2.33. The Morgan fingerprint density at radius 3 is 1.91 bits per heavy atom. The van der Waals surface area contributed by atoms with Gasteiger partial charge < -0.3 is 23.8 Å². The molecule has 0 fully saturated rings. The van der Waals surface area contributed by atoms with Crippen LogP contribution in [0.5, 0.6) is 11.5 Å². The van der Waals surface area contributed by atoms with Crippen molar-refractivity contribution in [3.63, 3.8) is 0 Å². The Balaban J connectivity index is 2.09. The second-order valence-corrected chi connectivity index (χ2v) is 7.31. The van der Waals surface area contributed by atoms with Crippen molar-refractivity contribution >= 4 is 11.9 Å². The van der Waals surface area contributed by atoms with E-state index >= 15 is 0 Å². The molecule has 1 aliphatic rings. The van der Waals surface area contributed by atoms with Crippen molar-refractivity contribution in [2.24, 2.45) is 0 Å². The van der Waals surface area contributed by atoms with Crippen LogP contribution in [0.1, 0.15) is 30.9 Å². The predicted molar refractivity (Wildman–Crippen MR) is 124 cm³/mol. The van der Waals surface area contributed by atoms with Gasteiger partial charge in [0.05, 0.1) is 44.5 Å². The fourth-order valence-corrected chi connectivity index (χ4v) is 3.75. The summed E-state index contributed by atoms with van der Waals surface area (Å²) in [4.78, 5) is 27.9. The second-order valence-electron chi connectivity index (χ2n) is 7.31. The summed E-state index contributed by atoms with van der Waals surface area (Å²) in [6.45, 7) is 4.36. The number of para-hydroxylation sites is 1. The molecule has 0 saturated heterocycles. The average molecular weight is 452 g/mol. The number of ether oxygens (including phenoxy) is 4. The van der Waals surface area contributed by atoms with Gasteiger partial charge in [-0.1, -0.05) is 30.3 Å². The first-order chi connectivity index (χ1) is 16.0. The van der Waals surface area contributed by atoms with Gasteiger partial charge in [-0.05, 0) is 37.6 Å². The molecule has 0 amide bonds. The summed E-state index contributed by atoms with van der Waals surface area (Å²) in [7, 11) is 3.17. The minimum atomic E-state index is -0.689. The standard InChI is InChI=1S/C26H29NO6/c1-5-32-25(28)21-16-27(15-18-11-13-19(30-3)14-12-18)17-22(26(29)33-6-2)24(21)20-9-7-8-10-23(20)31-4/h7-14,16-17,24H,5-6,15H2,1-4H3. The zero-order chi connectivity index (χ0) is 23.8. The van der Waals surface area contributed by atoms with Crippen LogP contribution in [0, 0.1) is 0 Å². The Bertz CT molecular complexity index is 1010. The van der Waals surface area contributed by atoms with E-state index in [2.05, 4.69) is 0 Å². The summed E-state index contributed by atoms with van der Waals surface area (Å²) >= 11 is 0. The largest absolute Gasteiger partial charge is 0.497 e. The van der Waals surface area contributed by atoms with E-state index in [1.165, 1.54) is 0 Å². The number of nitrogens with zero attached hydrogens (tertiary/aromatic N) is 1. The lowest BCUT2D eigenvalue weighted by Gasteiger charge is -2.31. The summed E-state index contributed by atoms with van der Waals surface area (Å²) in [5.74, 6) is -0.368. The number of esters is 2. The van der Waals surface area contributed by atoms with Gasteiger partial charge in [0.2, 0.25) is 0 Å². The third-order valence-electron chi connectivity index (χ3n) is 5.23. The van der Waals surface area contributed by atoms with Gasteiger partial charge in [-0.3, -0.25) is 0 Å². The van der Waals surface area contributed by atoms with Crippen LogP contribution in [0.2, 0.25) is 0 Å². The molecule has 0 bridgehead atoms. The maximum atomic E-state index is 13.0. The van der Waals surface area contributed by atoms with Crippen molar-refractivity contribution in [2.45, 2.75) is 26.3 Å². The molecule has 1 aliphatic heterocycles. The van der Waals surface area contributed by atoms with Crippen LogP contribution in [0.25, 0.3) is 0 Å². The van der Waals surface area contributed by atoms with Gasteiger partial charge >= 0.3 is 11.9 Å². The van der Waals surface area contributed by atoms with Gasteiger partial charge in [-0.15, -0.1) is 0 Å². The summed E-state index contributed by atoms with van der Waals surface area (Å²) in [6.07, 6.45) is 3.45. The van der Waals surface area contributed by atoms with Crippen molar-refractivity contribution < 1.29 is 28.5 Å². The molecule has 7 heteroatoms. The normalized spacial score (nSPS) is 13.6. The zero-order valence-corrected chi connectivity index (χ0v) is 19.4. The second kappa shape index (κ2) is 11.2. The van der Waals surface area contributed by atoms with Crippen LogP contribution >= 0.6 is 0 Å². The molecule has 174 valence electrons. The van der Waals surface area contributed by atoms with Gasteiger partial charge in [-0.2, -0.15) is 0 Å². The lowest BCUT2D eigenvalue weighted by Crippen LogP contribution is -2.29.